The van der Waals surface area contributed by atoms with E-state index < -0.39 is 0 Å². The number of amides is 2. The molecule has 18 heavy (non-hydrogen) atoms. The van der Waals surface area contributed by atoms with Crippen LogP contribution < -0.4 is 5.32 Å². The van der Waals surface area contributed by atoms with Gasteiger partial charge >= 0.3 is 0 Å². The molecule has 1 N–H and O–H groups in total. The van der Waals surface area contributed by atoms with Crippen molar-refractivity contribution >= 4 is 23.6 Å². The van der Waals surface area contributed by atoms with Crippen molar-refractivity contribution in [1.29, 1.82) is 0 Å². The van der Waals surface area contributed by atoms with Crippen LogP contribution in [-0.2, 0) is 9.59 Å². The fourth-order valence-corrected chi connectivity index (χ4v) is 2.97. The number of carbonyl (C=O) groups is 2. The Balaban J connectivity index is 2.21. The number of hydrogen-bond acceptors (Lipinski definition) is 3. The zero-order valence-electron chi connectivity index (χ0n) is 9.85. The summed E-state index contributed by atoms with van der Waals surface area (Å²) < 4.78 is 13.2. The minimum Gasteiger partial charge on any atom is -0.358 e. The zero-order chi connectivity index (χ0) is 13.1. The first-order chi connectivity index (χ1) is 8.61. The molecule has 0 radical (unpaired) electrons. The van der Waals surface area contributed by atoms with Crippen molar-refractivity contribution in [2.45, 2.75) is 5.37 Å². The molecule has 1 aliphatic rings. The third-order valence-corrected chi connectivity index (χ3v) is 3.95. The summed E-state index contributed by atoms with van der Waals surface area (Å²) in [5.74, 6) is -0.351. The number of hydrogen-bond donors (Lipinski definition) is 1. The zero-order valence-corrected chi connectivity index (χ0v) is 10.7. The minimum absolute atomic E-state index is 0.00349. The molecule has 1 aromatic carbocycles. The number of thioether (sulfide) groups is 1. The molecule has 1 atom stereocenters. The molecule has 0 unspecified atom stereocenters. The second-order valence-corrected chi connectivity index (χ2v) is 4.98. The molecule has 96 valence electrons. The normalized spacial score (nSPS) is 19.1. The maximum Gasteiger partial charge on any atom is 0.239 e. The van der Waals surface area contributed by atoms with Gasteiger partial charge in [-0.1, -0.05) is 12.1 Å². The first kappa shape index (κ1) is 12.9. The molecule has 0 saturated carbocycles. The van der Waals surface area contributed by atoms with Gasteiger partial charge in [-0.25, -0.2) is 4.39 Å². The summed E-state index contributed by atoms with van der Waals surface area (Å²) in [6.45, 7) is 0.00349. The summed E-state index contributed by atoms with van der Waals surface area (Å²) in [5.41, 5.74) is 0.703. The summed E-state index contributed by atoms with van der Waals surface area (Å²) in [6.07, 6.45) is 0. The first-order valence-corrected chi connectivity index (χ1v) is 6.54. The molecule has 1 aromatic rings. The fourth-order valence-electron chi connectivity index (χ4n) is 1.80. The van der Waals surface area contributed by atoms with Crippen LogP contribution in [0.25, 0.3) is 0 Å². The van der Waals surface area contributed by atoms with E-state index in [1.165, 1.54) is 35.8 Å². The molecule has 4 nitrogen and oxygen atoms in total. The monoisotopic (exact) mass is 268 g/mol. The summed E-state index contributed by atoms with van der Waals surface area (Å²) >= 11 is 1.40. The SMILES string of the molecule is CNC(=O)CN1C(=O)CS[C@@H]1c1cccc(F)c1. The van der Waals surface area contributed by atoms with Crippen molar-refractivity contribution in [3.05, 3.63) is 35.6 Å². The number of nitrogens with one attached hydrogen (secondary N) is 1. The molecule has 2 amide bonds. The lowest BCUT2D eigenvalue weighted by Crippen LogP contribution is -2.37. The molecule has 0 aliphatic carbocycles. The van der Waals surface area contributed by atoms with Crippen LogP contribution >= 0.6 is 11.8 Å². The summed E-state index contributed by atoms with van der Waals surface area (Å²) in [6, 6.07) is 6.11. The number of halogens is 1. The third kappa shape index (κ3) is 2.64. The van der Waals surface area contributed by atoms with Crippen LogP contribution in [0.15, 0.2) is 24.3 Å². The van der Waals surface area contributed by atoms with Crippen LogP contribution in [0.2, 0.25) is 0 Å². The van der Waals surface area contributed by atoms with Gasteiger partial charge in [-0.05, 0) is 17.7 Å². The Kier molecular flexibility index (Phi) is 3.86. The first-order valence-electron chi connectivity index (χ1n) is 5.49. The lowest BCUT2D eigenvalue weighted by atomic mass is 10.2. The van der Waals surface area contributed by atoms with Gasteiger partial charge in [0.1, 0.15) is 17.7 Å². The van der Waals surface area contributed by atoms with Gasteiger partial charge in [0, 0.05) is 7.05 Å². The van der Waals surface area contributed by atoms with E-state index >= 15 is 0 Å². The molecular formula is C12H13FN2O2S. The van der Waals surface area contributed by atoms with Crippen LogP contribution in [0, 0.1) is 5.82 Å². The predicted octanol–water partition coefficient (Wildman–Crippen LogP) is 1.15. The van der Waals surface area contributed by atoms with Crippen molar-refractivity contribution in [3.63, 3.8) is 0 Å². The van der Waals surface area contributed by atoms with Crippen molar-refractivity contribution in [2.75, 3.05) is 19.3 Å². The van der Waals surface area contributed by atoms with Crippen molar-refractivity contribution in [2.24, 2.45) is 0 Å². The highest BCUT2D eigenvalue weighted by molar-refractivity contribution is 8.00. The van der Waals surface area contributed by atoms with E-state index in [-0.39, 0.29) is 29.6 Å². The maximum atomic E-state index is 13.2. The molecule has 1 fully saturated rings. The molecule has 2 rings (SSSR count). The number of likely N-dealkylation sites (N-methyl/N-ethyl adjacent to an activating group) is 1. The quantitative estimate of drug-likeness (QED) is 0.894. The average molecular weight is 268 g/mol. The standard InChI is InChI=1S/C12H13FN2O2S/c1-14-10(16)6-15-11(17)7-18-12(15)8-3-2-4-9(13)5-8/h2-5,12H,6-7H2,1H3,(H,14,16)/t12-/m1/s1. The molecule has 6 heteroatoms. The van der Waals surface area contributed by atoms with Crippen molar-refractivity contribution in [1.82, 2.24) is 10.2 Å². The van der Waals surface area contributed by atoms with E-state index in [4.69, 9.17) is 0 Å². The minimum atomic E-state index is -0.340. The van der Waals surface area contributed by atoms with Gasteiger partial charge in [0.2, 0.25) is 11.8 Å². The van der Waals surface area contributed by atoms with Crippen molar-refractivity contribution in [3.8, 4) is 0 Å². The topological polar surface area (TPSA) is 49.4 Å². The summed E-state index contributed by atoms with van der Waals surface area (Å²) in [7, 11) is 1.52. The van der Waals surface area contributed by atoms with Crippen LogP contribution in [0.5, 0.6) is 0 Å². The smallest absolute Gasteiger partial charge is 0.239 e. The highest BCUT2D eigenvalue weighted by Gasteiger charge is 2.33. The average Bonchev–Trinajstić information content (AvgIpc) is 2.71. The van der Waals surface area contributed by atoms with E-state index in [2.05, 4.69) is 5.32 Å². The Morgan fingerprint density at radius 2 is 2.39 bits per heavy atom. The second kappa shape index (κ2) is 5.39. The van der Waals surface area contributed by atoms with E-state index in [9.17, 15) is 14.0 Å². The fraction of sp³-hybridized carbons (Fsp3) is 0.333. The van der Waals surface area contributed by atoms with Gasteiger partial charge in [-0.3, -0.25) is 9.59 Å². The van der Waals surface area contributed by atoms with E-state index in [0.717, 1.165) is 0 Å². The Hall–Kier alpha value is -1.56. The number of benzene rings is 1. The van der Waals surface area contributed by atoms with Crippen LogP contribution in [0.1, 0.15) is 10.9 Å². The molecule has 1 heterocycles. The van der Waals surface area contributed by atoms with Crippen molar-refractivity contribution < 1.29 is 14.0 Å². The third-order valence-electron chi connectivity index (χ3n) is 2.69. The highest BCUT2D eigenvalue weighted by atomic mass is 32.2. The van der Waals surface area contributed by atoms with Gasteiger partial charge in [-0.2, -0.15) is 0 Å². The lowest BCUT2D eigenvalue weighted by molar-refractivity contribution is -0.133. The van der Waals surface area contributed by atoms with Crippen LogP contribution in [0.3, 0.4) is 0 Å². The molecule has 0 spiro atoms. The Morgan fingerprint density at radius 1 is 1.61 bits per heavy atom. The molecular weight excluding hydrogens is 255 g/mol. The van der Waals surface area contributed by atoms with E-state index in [0.29, 0.717) is 11.3 Å². The van der Waals surface area contributed by atoms with Gasteiger partial charge < -0.3 is 10.2 Å². The van der Waals surface area contributed by atoms with E-state index in [1.54, 1.807) is 12.1 Å². The van der Waals surface area contributed by atoms with Gasteiger partial charge in [0.05, 0.1) is 5.75 Å². The summed E-state index contributed by atoms with van der Waals surface area (Å²) in [4.78, 5) is 24.6. The largest absolute Gasteiger partial charge is 0.358 e. The van der Waals surface area contributed by atoms with Crippen LogP contribution in [0.4, 0.5) is 4.39 Å². The Morgan fingerprint density at radius 3 is 3.06 bits per heavy atom. The number of rotatable bonds is 3. The Bertz CT molecular complexity index is 481. The molecule has 1 aliphatic heterocycles. The lowest BCUT2D eigenvalue weighted by Gasteiger charge is -2.23. The van der Waals surface area contributed by atoms with E-state index in [1.807, 2.05) is 0 Å². The molecule has 1 saturated heterocycles. The van der Waals surface area contributed by atoms with Crippen LogP contribution in [-0.4, -0.2) is 36.1 Å². The molecule has 0 bridgehead atoms. The molecule has 0 aromatic heterocycles. The number of carbonyl (C=O) groups excluding carboxylic acids is 2. The van der Waals surface area contributed by atoms with Gasteiger partial charge in [-0.15, -0.1) is 11.8 Å². The number of nitrogens with zero attached hydrogens (tertiary/aromatic N) is 1. The second-order valence-electron chi connectivity index (χ2n) is 3.91. The summed E-state index contributed by atoms with van der Waals surface area (Å²) in [5, 5.41) is 2.19. The Labute approximate surface area is 109 Å². The van der Waals surface area contributed by atoms with Gasteiger partial charge in [0.25, 0.3) is 0 Å². The maximum absolute atomic E-state index is 13.2. The highest BCUT2D eigenvalue weighted by Crippen LogP contribution is 2.38. The van der Waals surface area contributed by atoms with Gasteiger partial charge in [0.15, 0.2) is 0 Å². The predicted molar refractivity (Wildman–Crippen MR) is 67.4 cm³/mol.